The summed E-state index contributed by atoms with van der Waals surface area (Å²) >= 11 is 2.99. The van der Waals surface area contributed by atoms with Crippen molar-refractivity contribution in [3.63, 3.8) is 0 Å². The molecule has 20 heavy (non-hydrogen) atoms. The van der Waals surface area contributed by atoms with Crippen molar-refractivity contribution < 1.29 is 12.8 Å². The van der Waals surface area contributed by atoms with Crippen LogP contribution in [0.15, 0.2) is 51.8 Å². The van der Waals surface area contributed by atoms with Crippen LogP contribution in [0.3, 0.4) is 0 Å². The van der Waals surface area contributed by atoms with Crippen molar-refractivity contribution in [2.45, 2.75) is 18.4 Å². The van der Waals surface area contributed by atoms with E-state index in [-0.39, 0.29) is 15.9 Å². The summed E-state index contributed by atoms with van der Waals surface area (Å²) in [5, 5.41) is 0. The van der Waals surface area contributed by atoms with Crippen LogP contribution in [-0.4, -0.2) is 8.42 Å². The summed E-state index contributed by atoms with van der Waals surface area (Å²) in [6.45, 7) is 2.12. The number of sulfonamides is 1. The zero-order valence-corrected chi connectivity index (χ0v) is 13.1. The maximum Gasteiger partial charge on any atom is 0.240 e. The second kappa shape index (κ2) is 6.03. The predicted molar refractivity (Wildman–Crippen MR) is 79.3 cm³/mol. The molecule has 0 aliphatic heterocycles. The highest BCUT2D eigenvalue weighted by Crippen LogP contribution is 2.19. The van der Waals surface area contributed by atoms with E-state index in [1.54, 1.807) is 0 Å². The van der Waals surface area contributed by atoms with Gasteiger partial charge >= 0.3 is 0 Å². The third-order valence-corrected chi connectivity index (χ3v) is 4.83. The van der Waals surface area contributed by atoms with Gasteiger partial charge in [0.2, 0.25) is 10.0 Å². The van der Waals surface area contributed by atoms with Crippen LogP contribution in [0.4, 0.5) is 4.39 Å². The summed E-state index contributed by atoms with van der Waals surface area (Å²) in [6.07, 6.45) is 0. The van der Waals surface area contributed by atoms with E-state index >= 15 is 0 Å². The van der Waals surface area contributed by atoms with Crippen LogP contribution in [0.25, 0.3) is 0 Å². The molecule has 106 valence electrons. The quantitative estimate of drug-likeness (QED) is 0.911. The van der Waals surface area contributed by atoms with E-state index < -0.39 is 15.8 Å². The number of hydrogen-bond acceptors (Lipinski definition) is 2. The third-order valence-electron chi connectivity index (χ3n) is 2.79. The Labute approximate surface area is 126 Å². The first-order chi connectivity index (χ1) is 9.38. The van der Waals surface area contributed by atoms with Gasteiger partial charge in [0.05, 0.1) is 9.37 Å². The SMILES string of the molecule is Cc1ccc(CNS(=O)(=O)c2ccc(Br)c(F)c2)cc1. The van der Waals surface area contributed by atoms with Gasteiger partial charge in [-0.15, -0.1) is 0 Å². The molecule has 2 rings (SSSR count). The lowest BCUT2D eigenvalue weighted by atomic mass is 10.2. The summed E-state index contributed by atoms with van der Waals surface area (Å²) in [7, 11) is -3.72. The maximum absolute atomic E-state index is 13.4. The van der Waals surface area contributed by atoms with Crippen LogP contribution >= 0.6 is 15.9 Å². The molecule has 3 nitrogen and oxygen atoms in total. The number of halogens is 2. The number of nitrogens with one attached hydrogen (secondary N) is 1. The van der Waals surface area contributed by atoms with Gasteiger partial charge in [0.1, 0.15) is 5.82 Å². The molecule has 0 unspecified atom stereocenters. The molecule has 0 saturated heterocycles. The average molecular weight is 358 g/mol. The monoisotopic (exact) mass is 357 g/mol. The molecule has 0 bridgehead atoms. The van der Waals surface area contributed by atoms with Gasteiger partial charge < -0.3 is 0 Å². The van der Waals surface area contributed by atoms with Crippen LogP contribution in [-0.2, 0) is 16.6 Å². The molecule has 0 aliphatic rings. The van der Waals surface area contributed by atoms with Crippen molar-refractivity contribution in [3.8, 4) is 0 Å². The Morgan fingerprint density at radius 2 is 1.80 bits per heavy atom. The van der Waals surface area contributed by atoms with Crippen LogP contribution in [0, 0.1) is 12.7 Å². The van der Waals surface area contributed by atoms with E-state index in [4.69, 9.17) is 0 Å². The summed E-state index contributed by atoms with van der Waals surface area (Å²) < 4.78 is 40.1. The molecule has 0 atom stereocenters. The smallest absolute Gasteiger partial charge is 0.207 e. The van der Waals surface area contributed by atoms with Crippen molar-refractivity contribution >= 4 is 26.0 Å². The molecule has 2 aromatic rings. The number of rotatable bonds is 4. The normalized spacial score (nSPS) is 11.6. The standard InChI is InChI=1S/C14H13BrFNO2S/c1-10-2-4-11(5-3-10)9-17-20(18,19)12-6-7-13(15)14(16)8-12/h2-8,17H,9H2,1H3. The fourth-order valence-corrected chi connectivity index (χ4v) is 2.89. The summed E-state index contributed by atoms with van der Waals surface area (Å²) in [5.74, 6) is -0.608. The van der Waals surface area contributed by atoms with Gasteiger partial charge in [-0.3, -0.25) is 0 Å². The molecule has 0 saturated carbocycles. The Hall–Kier alpha value is -1.24. The van der Waals surface area contributed by atoms with Gasteiger partial charge in [0.25, 0.3) is 0 Å². The first-order valence-electron chi connectivity index (χ1n) is 5.89. The van der Waals surface area contributed by atoms with Crippen molar-refractivity contribution in [3.05, 3.63) is 63.9 Å². The van der Waals surface area contributed by atoms with Crippen LogP contribution in [0.2, 0.25) is 0 Å². The maximum atomic E-state index is 13.4. The van der Waals surface area contributed by atoms with Gasteiger partial charge in [-0.1, -0.05) is 29.8 Å². The predicted octanol–water partition coefficient (Wildman–Crippen LogP) is 3.38. The van der Waals surface area contributed by atoms with E-state index in [2.05, 4.69) is 20.7 Å². The van der Waals surface area contributed by atoms with Crippen molar-refractivity contribution in [1.82, 2.24) is 4.72 Å². The van der Waals surface area contributed by atoms with Crippen LogP contribution in [0.1, 0.15) is 11.1 Å². The first kappa shape index (κ1) is 15.2. The van der Waals surface area contributed by atoms with Crippen molar-refractivity contribution in [2.75, 3.05) is 0 Å². The Bertz CT molecular complexity index is 714. The van der Waals surface area contributed by atoms with E-state index in [0.717, 1.165) is 17.2 Å². The molecule has 0 fully saturated rings. The van der Waals surface area contributed by atoms with E-state index in [1.807, 2.05) is 31.2 Å². The highest BCUT2D eigenvalue weighted by molar-refractivity contribution is 9.10. The van der Waals surface area contributed by atoms with E-state index in [1.165, 1.54) is 12.1 Å². The minimum atomic E-state index is -3.72. The Kier molecular flexibility index (Phi) is 4.57. The largest absolute Gasteiger partial charge is 0.240 e. The second-order valence-corrected chi connectivity index (χ2v) is 7.01. The first-order valence-corrected chi connectivity index (χ1v) is 8.16. The number of hydrogen-bond donors (Lipinski definition) is 1. The molecule has 0 radical (unpaired) electrons. The lowest BCUT2D eigenvalue weighted by Gasteiger charge is -2.07. The Morgan fingerprint density at radius 3 is 2.40 bits per heavy atom. The van der Waals surface area contributed by atoms with Gasteiger partial charge in [0.15, 0.2) is 0 Å². The van der Waals surface area contributed by atoms with Crippen molar-refractivity contribution in [1.29, 1.82) is 0 Å². The number of benzene rings is 2. The topological polar surface area (TPSA) is 46.2 Å². The lowest BCUT2D eigenvalue weighted by Crippen LogP contribution is -2.23. The molecule has 0 aliphatic carbocycles. The third kappa shape index (κ3) is 3.65. The summed E-state index contributed by atoms with van der Waals surface area (Å²) in [4.78, 5) is -0.0923. The van der Waals surface area contributed by atoms with Gasteiger partial charge in [-0.25, -0.2) is 17.5 Å². The molecule has 0 amide bonds. The van der Waals surface area contributed by atoms with E-state index in [9.17, 15) is 12.8 Å². The zero-order valence-electron chi connectivity index (χ0n) is 10.7. The summed E-state index contributed by atoms with van der Waals surface area (Å²) in [6, 6.07) is 11.2. The Balaban J connectivity index is 2.14. The minimum absolute atomic E-state index is 0.0923. The molecular weight excluding hydrogens is 345 g/mol. The van der Waals surface area contributed by atoms with Crippen LogP contribution in [0.5, 0.6) is 0 Å². The minimum Gasteiger partial charge on any atom is -0.207 e. The van der Waals surface area contributed by atoms with Crippen molar-refractivity contribution in [2.24, 2.45) is 0 Å². The lowest BCUT2D eigenvalue weighted by molar-refractivity contribution is 0.576. The zero-order chi connectivity index (χ0) is 14.8. The fraction of sp³-hybridized carbons (Fsp3) is 0.143. The van der Waals surface area contributed by atoms with Gasteiger partial charge in [0, 0.05) is 6.54 Å². The molecule has 0 spiro atoms. The molecule has 6 heteroatoms. The average Bonchev–Trinajstić information content (AvgIpc) is 2.41. The molecule has 0 heterocycles. The number of aryl methyl sites for hydroxylation is 1. The van der Waals surface area contributed by atoms with Crippen LogP contribution < -0.4 is 4.72 Å². The molecular formula is C14H13BrFNO2S. The van der Waals surface area contributed by atoms with Gasteiger partial charge in [-0.2, -0.15) is 0 Å². The van der Waals surface area contributed by atoms with Gasteiger partial charge in [-0.05, 0) is 46.6 Å². The highest BCUT2D eigenvalue weighted by atomic mass is 79.9. The highest BCUT2D eigenvalue weighted by Gasteiger charge is 2.15. The fourth-order valence-electron chi connectivity index (χ4n) is 1.61. The van der Waals surface area contributed by atoms with E-state index in [0.29, 0.717) is 0 Å². The second-order valence-electron chi connectivity index (χ2n) is 4.39. The summed E-state index contributed by atoms with van der Waals surface area (Å²) in [5.41, 5.74) is 1.95. The molecule has 2 aromatic carbocycles. The molecule has 1 N–H and O–H groups in total. The Morgan fingerprint density at radius 1 is 1.15 bits per heavy atom. The molecule has 0 aromatic heterocycles.